The van der Waals surface area contributed by atoms with Gasteiger partial charge in [-0.2, -0.15) is 4.98 Å². The summed E-state index contributed by atoms with van der Waals surface area (Å²) in [5.41, 5.74) is 4.96. The first-order valence-electron chi connectivity index (χ1n) is 8.62. The fraction of sp³-hybridized carbons (Fsp3) is 0.238. The van der Waals surface area contributed by atoms with Gasteiger partial charge in [-0.15, -0.1) is 0 Å². The summed E-state index contributed by atoms with van der Waals surface area (Å²) in [5.74, 6) is 0.645. The Balaban J connectivity index is 2.04. The van der Waals surface area contributed by atoms with Gasteiger partial charge in [0.15, 0.2) is 0 Å². The minimum atomic E-state index is -0.413. The number of aryl methyl sites for hydroxylation is 3. The largest absolute Gasteiger partial charge is 0.490 e. The van der Waals surface area contributed by atoms with Gasteiger partial charge in [0.25, 0.3) is 0 Å². The fourth-order valence-electron chi connectivity index (χ4n) is 2.88. The van der Waals surface area contributed by atoms with Crippen LogP contribution in [0.15, 0.2) is 47.4 Å². The minimum absolute atomic E-state index is 0.194. The van der Waals surface area contributed by atoms with E-state index in [9.17, 15) is 4.79 Å². The molecule has 0 atom stereocenters. The van der Waals surface area contributed by atoms with Crippen LogP contribution in [-0.2, 0) is 6.54 Å². The van der Waals surface area contributed by atoms with E-state index in [4.69, 9.17) is 16.3 Å². The average Bonchev–Trinajstić information content (AvgIpc) is 2.61. The quantitative estimate of drug-likeness (QED) is 0.698. The van der Waals surface area contributed by atoms with Gasteiger partial charge in [-0.25, -0.2) is 0 Å². The van der Waals surface area contributed by atoms with Gasteiger partial charge in [0.2, 0.25) is 11.7 Å². The first-order valence-corrected chi connectivity index (χ1v) is 9.00. The number of rotatable bonds is 5. The monoisotopic (exact) mass is 383 g/mol. The first kappa shape index (κ1) is 19.0. The molecule has 140 valence electrons. The highest BCUT2D eigenvalue weighted by Gasteiger charge is 2.12. The van der Waals surface area contributed by atoms with Crippen molar-refractivity contribution in [2.75, 3.05) is 12.4 Å². The van der Waals surface area contributed by atoms with Crippen LogP contribution in [0, 0.1) is 20.8 Å². The SMILES string of the molecule is COc1cn(Cc2cccc(Cl)c2)c(Nc2cc(C)c(C)cc2C)nc1=O. The number of halogens is 1. The highest BCUT2D eigenvalue weighted by Crippen LogP contribution is 2.24. The number of methoxy groups -OCH3 is 1. The molecule has 1 N–H and O–H groups in total. The van der Waals surface area contributed by atoms with Crippen LogP contribution in [0.4, 0.5) is 11.6 Å². The Hall–Kier alpha value is -2.79. The molecular formula is C21H22ClN3O2. The first-order chi connectivity index (χ1) is 12.9. The third kappa shape index (κ3) is 4.31. The summed E-state index contributed by atoms with van der Waals surface area (Å²) < 4.78 is 7.01. The standard InChI is InChI=1S/C21H22ClN3O2/c1-13-8-15(3)18(9-14(13)2)23-21-24-20(26)19(27-4)12-25(21)11-16-6-5-7-17(22)10-16/h5-10,12H,11H2,1-4H3,(H,23,24,26). The number of hydrogen-bond acceptors (Lipinski definition) is 4. The molecule has 0 amide bonds. The van der Waals surface area contributed by atoms with Gasteiger partial charge in [0.05, 0.1) is 19.9 Å². The second kappa shape index (κ2) is 7.84. The molecule has 1 heterocycles. The maximum atomic E-state index is 12.2. The Bertz CT molecular complexity index is 1040. The van der Waals surface area contributed by atoms with Crippen molar-refractivity contribution < 1.29 is 4.74 Å². The molecule has 0 saturated heterocycles. The van der Waals surface area contributed by atoms with Gasteiger partial charge in [0, 0.05) is 10.7 Å². The highest BCUT2D eigenvalue weighted by molar-refractivity contribution is 6.30. The Morgan fingerprint density at radius 1 is 1.11 bits per heavy atom. The number of hydrogen-bond donors (Lipinski definition) is 1. The third-order valence-corrected chi connectivity index (χ3v) is 4.75. The lowest BCUT2D eigenvalue weighted by Gasteiger charge is -2.17. The predicted molar refractivity (Wildman–Crippen MR) is 110 cm³/mol. The van der Waals surface area contributed by atoms with E-state index in [-0.39, 0.29) is 5.75 Å². The Kier molecular flexibility index (Phi) is 5.51. The lowest BCUT2D eigenvalue weighted by molar-refractivity contribution is 0.402. The molecule has 0 unspecified atom stereocenters. The third-order valence-electron chi connectivity index (χ3n) is 4.51. The van der Waals surface area contributed by atoms with E-state index >= 15 is 0 Å². The lowest BCUT2D eigenvalue weighted by atomic mass is 10.1. The molecule has 0 aliphatic heterocycles. The summed E-state index contributed by atoms with van der Waals surface area (Å²) >= 11 is 6.10. The molecule has 5 nitrogen and oxygen atoms in total. The van der Waals surface area contributed by atoms with Crippen molar-refractivity contribution >= 4 is 23.2 Å². The summed E-state index contributed by atoms with van der Waals surface area (Å²) in [5, 5.41) is 3.96. The maximum Gasteiger partial charge on any atom is 0.316 e. The second-order valence-corrected chi connectivity index (χ2v) is 7.01. The molecule has 0 aliphatic rings. The van der Waals surface area contributed by atoms with E-state index in [1.807, 2.05) is 35.8 Å². The van der Waals surface area contributed by atoms with Crippen LogP contribution in [0.3, 0.4) is 0 Å². The van der Waals surface area contributed by atoms with Gasteiger partial charge < -0.3 is 14.6 Å². The van der Waals surface area contributed by atoms with Crippen LogP contribution in [0.1, 0.15) is 22.3 Å². The molecule has 1 aromatic heterocycles. The van der Waals surface area contributed by atoms with Gasteiger partial charge in [-0.3, -0.25) is 4.79 Å². The molecule has 0 fully saturated rings. The molecule has 0 bridgehead atoms. The molecule has 0 spiro atoms. The molecule has 0 radical (unpaired) electrons. The van der Waals surface area contributed by atoms with Crippen molar-refractivity contribution in [3.8, 4) is 5.75 Å². The molecule has 2 aromatic carbocycles. The van der Waals surface area contributed by atoms with Gasteiger partial charge >= 0.3 is 5.56 Å². The summed E-state index contributed by atoms with van der Waals surface area (Å²) in [7, 11) is 1.46. The maximum absolute atomic E-state index is 12.2. The Morgan fingerprint density at radius 3 is 2.56 bits per heavy atom. The van der Waals surface area contributed by atoms with Crippen LogP contribution in [0.2, 0.25) is 5.02 Å². The van der Waals surface area contributed by atoms with Crippen LogP contribution < -0.4 is 15.6 Å². The molecule has 27 heavy (non-hydrogen) atoms. The van der Waals surface area contributed by atoms with E-state index in [2.05, 4.69) is 36.3 Å². The van der Waals surface area contributed by atoms with Crippen LogP contribution in [0.25, 0.3) is 0 Å². The van der Waals surface area contributed by atoms with Gasteiger partial charge in [-0.05, 0) is 61.2 Å². The number of ether oxygens (including phenoxy) is 1. The normalized spacial score (nSPS) is 10.7. The fourth-order valence-corrected chi connectivity index (χ4v) is 3.09. The number of anilines is 2. The Morgan fingerprint density at radius 2 is 1.85 bits per heavy atom. The molecule has 0 saturated carbocycles. The minimum Gasteiger partial charge on any atom is -0.490 e. The van der Waals surface area contributed by atoms with Crippen molar-refractivity contribution in [3.05, 3.63) is 80.2 Å². The average molecular weight is 384 g/mol. The zero-order valence-corrected chi connectivity index (χ0v) is 16.6. The van der Waals surface area contributed by atoms with E-state index < -0.39 is 5.56 Å². The van der Waals surface area contributed by atoms with E-state index in [1.54, 1.807) is 6.20 Å². The summed E-state index contributed by atoms with van der Waals surface area (Å²) in [6.45, 7) is 6.65. The Labute approximate surface area is 163 Å². The second-order valence-electron chi connectivity index (χ2n) is 6.57. The van der Waals surface area contributed by atoms with Crippen LogP contribution in [0.5, 0.6) is 5.75 Å². The van der Waals surface area contributed by atoms with Gasteiger partial charge in [0.1, 0.15) is 0 Å². The van der Waals surface area contributed by atoms with Crippen LogP contribution >= 0.6 is 11.6 Å². The zero-order chi connectivity index (χ0) is 19.6. The van der Waals surface area contributed by atoms with E-state index in [1.165, 1.54) is 18.2 Å². The molecule has 3 aromatic rings. The van der Waals surface area contributed by atoms with Gasteiger partial charge in [-0.1, -0.05) is 29.8 Å². The summed E-state index contributed by atoms with van der Waals surface area (Å²) in [6, 6.07) is 11.8. The molecule has 0 aliphatic carbocycles. The number of nitrogens with zero attached hydrogens (tertiary/aromatic N) is 2. The lowest BCUT2D eigenvalue weighted by Crippen LogP contribution is -2.19. The van der Waals surface area contributed by atoms with E-state index in [0.29, 0.717) is 17.5 Å². The van der Waals surface area contributed by atoms with Crippen molar-refractivity contribution in [2.45, 2.75) is 27.3 Å². The summed E-state index contributed by atoms with van der Waals surface area (Å²) in [6.07, 6.45) is 1.66. The van der Waals surface area contributed by atoms with Crippen molar-refractivity contribution in [2.24, 2.45) is 0 Å². The van der Waals surface area contributed by atoms with E-state index in [0.717, 1.165) is 16.8 Å². The van der Waals surface area contributed by atoms with Crippen LogP contribution in [-0.4, -0.2) is 16.7 Å². The number of benzene rings is 2. The summed E-state index contributed by atoms with van der Waals surface area (Å²) in [4.78, 5) is 16.4. The number of nitrogens with one attached hydrogen (secondary N) is 1. The number of aromatic nitrogens is 2. The highest BCUT2D eigenvalue weighted by atomic mass is 35.5. The molecule has 3 rings (SSSR count). The molecule has 6 heteroatoms. The van der Waals surface area contributed by atoms with Crippen molar-refractivity contribution in [3.63, 3.8) is 0 Å². The molecular weight excluding hydrogens is 362 g/mol. The van der Waals surface area contributed by atoms with Crippen molar-refractivity contribution in [1.29, 1.82) is 0 Å². The smallest absolute Gasteiger partial charge is 0.316 e. The predicted octanol–water partition coefficient (Wildman–Crippen LogP) is 4.62. The van der Waals surface area contributed by atoms with Crippen molar-refractivity contribution in [1.82, 2.24) is 9.55 Å². The topological polar surface area (TPSA) is 56.1 Å². The zero-order valence-electron chi connectivity index (χ0n) is 15.8.